The predicted molar refractivity (Wildman–Crippen MR) is 87.3 cm³/mol. The minimum Gasteiger partial charge on any atom is -0.493 e. The van der Waals surface area contributed by atoms with Crippen LogP contribution < -0.4 is 9.47 Å². The Balaban J connectivity index is 2.52. The van der Waals surface area contributed by atoms with Crippen molar-refractivity contribution < 1.29 is 24.3 Å². The van der Waals surface area contributed by atoms with Crippen molar-refractivity contribution in [2.45, 2.75) is 32.8 Å². The van der Waals surface area contributed by atoms with E-state index in [4.69, 9.17) is 9.47 Å². The molecular formula is C17H21NO6. The highest BCUT2D eigenvalue weighted by Gasteiger charge is 2.34. The van der Waals surface area contributed by atoms with E-state index in [0.717, 1.165) is 0 Å². The summed E-state index contributed by atoms with van der Waals surface area (Å²) in [6.07, 6.45) is 1.19. The summed E-state index contributed by atoms with van der Waals surface area (Å²) in [5, 5.41) is 22.0. The Labute approximate surface area is 140 Å². The molecule has 0 radical (unpaired) electrons. The van der Waals surface area contributed by atoms with Gasteiger partial charge in [-0.05, 0) is 17.9 Å². The fourth-order valence-electron chi connectivity index (χ4n) is 2.80. The summed E-state index contributed by atoms with van der Waals surface area (Å²) < 4.78 is 10.2. The standard InChI is InChI=1S/C17H21NO6/c1-17(2)6-5-10(13(19)9-17)16(20)11-7-14(23-3)15(24-4)8-12(11)18(21)22/h5,7-8,16,20H,6,9H2,1-4H3. The van der Waals surface area contributed by atoms with Gasteiger partial charge in [-0.1, -0.05) is 19.9 Å². The molecule has 0 saturated carbocycles. The molecule has 0 bridgehead atoms. The number of aliphatic hydroxyl groups excluding tert-OH is 1. The Bertz CT molecular complexity index is 707. The van der Waals surface area contributed by atoms with Crippen LogP contribution in [0.25, 0.3) is 0 Å². The normalized spacial score (nSPS) is 17.9. The van der Waals surface area contributed by atoms with Gasteiger partial charge < -0.3 is 14.6 Å². The first-order valence-corrected chi connectivity index (χ1v) is 7.52. The summed E-state index contributed by atoms with van der Waals surface area (Å²) in [6.45, 7) is 3.92. The highest BCUT2D eigenvalue weighted by atomic mass is 16.6. The summed E-state index contributed by atoms with van der Waals surface area (Å²) >= 11 is 0. The molecular weight excluding hydrogens is 314 g/mol. The third-order valence-corrected chi connectivity index (χ3v) is 4.15. The van der Waals surface area contributed by atoms with E-state index in [-0.39, 0.29) is 45.9 Å². The molecule has 130 valence electrons. The van der Waals surface area contributed by atoms with Gasteiger partial charge in [0.25, 0.3) is 5.69 Å². The lowest BCUT2D eigenvalue weighted by atomic mass is 9.76. The number of aliphatic hydroxyl groups is 1. The maximum absolute atomic E-state index is 12.3. The molecule has 1 N–H and O–H groups in total. The molecule has 1 aromatic rings. The lowest BCUT2D eigenvalue weighted by molar-refractivity contribution is -0.386. The number of allylic oxidation sites excluding steroid dienone is 1. The predicted octanol–water partition coefficient (Wildman–Crippen LogP) is 2.96. The molecule has 1 aliphatic rings. The molecule has 1 aliphatic carbocycles. The first kappa shape index (κ1) is 17.9. The Morgan fingerprint density at radius 1 is 1.25 bits per heavy atom. The topological polar surface area (TPSA) is 98.9 Å². The number of rotatable bonds is 5. The van der Waals surface area contributed by atoms with Crippen LogP contribution in [0.15, 0.2) is 23.8 Å². The van der Waals surface area contributed by atoms with E-state index in [0.29, 0.717) is 6.42 Å². The minimum atomic E-state index is -1.38. The van der Waals surface area contributed by atoms with Gasteiger partial charge in [0.15, 0.2) is 17.3 Å². The van der Waals surface area contributed by atoms with Gasteiger partial charge in [0.1, 0.15) is 6.10 Å². The lowest BCUT2D eigenvalue weighted by Crippen LogP contribution is -2.25. The molecule has 24 heavy (non-hydrogen) atoms. The van der Waals surface area contributed by atoms with Crippen molar-refractivity contribution in [1.29, 1.82) is 0 Å². The average molecular weight is 335 g/mol. The largest absolute Gasteiger partial charge is 0.493 e. The lowest BCUT2D eigenvalue weighted by Gasteiger charge is -2.29. The van der Waals surface area contributed by atoms with Crippen LogP contribution in [0.2, 0.25) is 0 Å². The fourth-order valence-corrected chi connectivity index (χ4v) is 2.80. The maximum Gasteiger partial charge on any atom is 0.279 e. The number of nitro groups is 1. The van der Waals surface area contributed by atoms with Crippen LogP contribution in [0.3, 0.4) is 0 Å². The van der Waals surface area contributed by atoms with Crippen LogP contribution in [-0.2, 0) is 4.79 Å². The van der Waals surface area contributed by atoms with Gasteiger partial charge in [-0.3, -0.25) is 14.9 Å². The highest BCUT2D eigenvalue weighted by molar-refractivity contribution is 5.98. The van der Waals surface area contributed by atoms with E-state index in [9.17, 15) is 20.0 Å². The SMILES string of the molecule is COc1cc(C(O)C2=CCC(C)(C)CC2=O)c([N+](=O)[O-])cc1OC. The smallest absolute Gasteiger partial charge is 0.279 e. The van der Waals surface area contributed by atoms with E-state index in [1.165, 1.54) is 26.4 Å². The quantitative estimate of drug-likeness (QED) is 0.656. The zero-order chi connectivity index (χ0) is 18.1. The zero-order valence-corrected chi connectivity index (χ0v) is 14.2. The van der Waals surface area contributed by atoms with E-state index < -0.39 is 11.0 Å². The second-order valence-corrected chi connectivity index (χ2v) is 6.55. The number of hydrogen-bond donors (Lipinski definition) is 1. The third kappa shape index (κ3) is 3.41. The molecule has 7 nitrogen and oxygen atoms in total. The third-order valence-electron chi connectivity index (χ3n) is 4.15. The number of nitrogens with zero attached hydrogens (tertiary/aromatic N) is 1. The Morgan fingerprint density at radius 3 is 2.33 bits per heavy atom. The van der Waals surface area contributed by atoms with E-state index in [2.05, 4.69) is 0 Å². The molecule has 1 aromatic carbocycles. The number of hydrogen-bond acceptors (Lipinski definition) is 6. The molecule has 0 spiro atoms. The van der Waals surface area contributed by atoms with Gasteiger partial charge in [0, 0.05) is 12.0 Å². The van der Waals surface area contributed by atoms with Gasteiger partial charge in [-0.2, -0.15) is 0 Å². The summed E-state index contributed by atoms with van der Waals surface area (Å²) in [7, 11) is 2.76. The van der Waals surface area contributed by atoms with Crippen molar-refractivity contribution in [3.05, 3.63) is 39.5 Å². The van der Waals surface area contributed by atoms with Crippen molar-refractivity contribution in [1.82, 2.24) is 0 Å². The molecule has 0 amide bonds. The molecule has 0 aromatic heterocycles. The number of methoxy groups -OCH3 is 2. The summed E-state index contributed by atoms with van der Waals surface area (Å²) in [5.74, 6) is 0.231. The van der Waals surface area contributed by atoms with Gasteiger partial charge >= 0.3 is 0 Å². The average Bonchev–Trinajstić information content (AvgIpc) is 2.51. The second-order valence-electron chi connectivity index (χ2n) is 6.55. The fraction of sp³-hybridized carbons (Fsp3) is 0.471. The summed E-state index contributed by atoms with van der Waals surface area (Å²) in [5.41, 5.74) is -0.301. The van der Waals surface area contributed by atoms with Crippen molar-refractivity contribution in [3.8, 4) is 11.5 Å². The number of carbonyl (C=O) groups is 1. The van der Waals surface area contributed by atoms with Gasteiger partial charge in [-0.15, -0.1) is 0 Å². The second kappa shape index (κ2) is 6.60. The van der Waals surface area contributed by atoms with Crippen molar-refractivity contribution in [2.24, 2.45) is 5.41 Å². The van der Waals surface area contributed by atoms with Crippen LogP contribution in [0.4, 0.5) is 5.69 Å². The summed E-state index contributed by atoms with van der Waals surface area (Å²) in [6, 6.07) is 2.53. The minimum absolute atomic E-state index is 0.0111. The monoisotopic (exact) mass is 335 g/mol. The molecule has 1 atom stereocenters. The van der Waals surface area contributed by atoms with Crippen molar-refractivity contribution >= 4 is 11.5 Å². The van der Waals surface area contributed by atoms with Crippen LogP contribution >= 0.6 is 0 Å². The molecule has 0 heterocycles. The van der Waals surface area contributed by atoms with Gasteiger partial charge in [-0.25, -0.2) is 0 Å². The number of carbonyl (C=O) groups excluding carboxylic acids is 1. The van der Waals surface area contributed by atoms with Crippen LogP contribution in [0.5, 0.6) is 11.5 Å². The number of ketones is 1. The van der Waals surface area contributed by atoms with E-state index >= 15 is 0 Å². The van der Waals surface area contributed by atoms with E-state index in [1.807, 2.05) is 13.8 Å². The number of nitro benzene ring substituents is 1. The Kier molecular flexibility index (Phi) is 4.94. The number of benzene rings is 1. The number of Topliss-reactive ketones (excluding diaryl/α,β-unsaturated/α-hetero) is 1. The number of ether oxygens (including phenoxy) is 2. The van der Waals surface area contributed by atoms with Crippen molar-refractivity contribution in [3.63, 3.8) is 0 Å². The molecule has 0 saturated heterocycles. The maximum atomic E-state index is 12.3. The van der Waals surface area contributed by atoms with E-state index in [1.54, 1.807) is 6.08 Å². The Hall–Kier alpha value is -2.41. The van der Waals surface area contributed by atoms with Crippen LogP contribution in [0.1, 0.15) is 38.4 Å². The summed E-state index contributed by atoms with van der Waals surface area (Å²) in [4.78, 5) is 23.1. The molecule has 1 unspecified atom stereocenters. The zero-order valence-electron chi connectivity index (χ0n) is 14.2. The molecule has 7 heteroatoms. The molecule has 2 rings (SSSR count). The van der Waals surface area contributed by atoms with Crippen LogP contribution in [-0.4, -0.2) is 30.0 Å². The van der Waals surface area contributed by atoms with Gasteiger partial charge in [0.2, 0.25) is 0 Å². The Morgan fingerprint density at radius 2 is 1.83 bits per heavy atom. The van der Waals surface area contributed by atoms with Crippen LogP contribution in [0, 0.1) is 15.5 Å². The highest BCUT2D eigenvalue weighted by Crippen LogP contribution is 2.42. The first-order valence-electron chi connectivity index (χ1n) is 7.52. The molecule has 0 aliphatic heterocycles. The molecule has 0 fully saturated rings. The van der Waals surface area contributed by atoms with Crippen molar-refractivity contribution in [2.75, 3.05) is 14.2 Å². The first-order chi connectivity index (χ1) is 11.2. The van der Waals surface area contributed by atoms with Gasteiger partial charge in [0.05, 0.1) is 30.8 Å².